The largest absolute Gasteiger partial charge is 0.469 e. The van der Waals surface area contributed by atoms with Gasteiger partial charge in [0.2, 0.25) is 0 Å². The SMILES string of the molecule is COC(=O)C12CC3CC1(C#N)CC3C2. The van der Waals surface area contributed by atoms with E-state index in [-0.39, 0.29) is 11.4 Å². The van der Waals surface area contributed by atoms with Crippen LogP contribution in [-0.2, 0) is 9.53 Å². The molecule has 0 spiro atoms. The van der Waals surface area contributed by atoms with Crippen LogP contribution in [0.4, 0.5) is 0 Å². The molecule has 4 rings (SSSR count). The van der Waals surface area contributed by atoms with Gasteiger partial charge >= 0.3 is 5.97 Å². The third-order valence-electron chi connectivity index (χ3n) is 4.82. The van der Waals surface area contributed by atoms with E-state index in [2.05, 4.69) is 6.07 Å². The highest BCUT2D eigenvalue weighted by Gasteiger charge is 2.75. The van der Waals surface area contributed by atoms with E-state index in [9.17, 15) is 10.1 Å². The number of hydrogen-bond donors (Lipinski definition) is 0. The molecule has 2 unspecified atom stereocenters. The van der Waals surface area contributed by atoms with Gasteiger partial charge < -0.3 is 4.74 Å². The Labute approximate surface area is 83.0 Å². The third kappa shape index (κ3) is 0.589. The highest BCUT2D eigenvalue weighted by Crippen LogP contribution is 2.76. The number of hydrogen-bond acceptors (Lipinski definition) is 3. The lowest BCUT2D eigenvalue weighted by atomic mass is 9.69. The molecule has 0 aromatic rings. The molecular weight excluding hydrogens is 178 g/mol. The average molecular weight is 191 g/mol. The Bertz CT molecular complexity index is 341. The molecule has 0 aromatic heterocycles. The van der Waals surface area contributed by atoms with Gasteiger partial charge in [0.05, 0.1) is 24.0 Å². The van der Waals surface area contributed by atoms with E-state index in [1.54, 1.807) is 0 Å². The molecule has 0 saturated heterocycles. The number of nitriles is 1. The first kappa shape index (κ1) is 8.28. The zero-order valence-electron chi connectivity index (χ0n) is 8.25. The van der Waals surface area contributed by atoms with Crippen LogP contribution in [-0.4, -0.2) is 13.1 Å². The first-order valence-electron chi connectivity index (χ1n) is 5.17. The third-order valence-corrected chi connectivity index (χ3v) is 4.82. The van der Waals surface area contributed by atoms with Gasteiger partial charge in [0.15, 0.2) is 0 Å². The minimum Gasteiger partial charge on any atom is -0.469 e. The van der Waals surface area contributed by atoms with Crippen LogP contribution in [0.25, 0.3) is 0 Å². The lowest BCUT2D eigenvalue weighted by Crippen LogP contribution is -2.39. The molecule has 74 valence electrons. The van der Waals surface area contributed by atoms with Crippen molar-refractivity contribution in [3.8, 4) is 6.07 Å². The highest BCUT2D eigenvalue weighted by molar-refractivity contribution is 5.81. The van der Waals surface area contributed by atoms with E-state index in [1.165, 1.54) is 7.11 Å². The molecule has 3 heteroatoms. The maximum Gasteiger partial charge on any atom is 0.313 e. The summed E-state index contributed by atoms with van der Waals surface area (Å²) in [4.78, 5) is 11.8. The molecule has 4 fully saturated rings. The quantitative estimate of drug-likeness (QED) is 0.590. The van der Waals surface area contributed by atoms with Gasteiger partial charge in [-0.05, 0) is 37.5 Å². The number of carbonyl (C=O) groups is 1. The standard InChI is InChI=1S/C11H13NO2/c1-14-9(13)11-4-7-2-10(11,6-12)3-8(7)5-11/h7-8H,2-5H2,1H3. The molecule has 14 heavy (non-hydrogen) atoms. The molecule has 4 saturated carbocycles. The summed E-state index contributed by atoms with van der Waals surface area (Å²) in [6.07, 6.45) is 3.67. The number of methoxy groups -OCH3 is 1. The van der Waals surface area contributed by atoms with Crippen LogP contribution in [0.1, 0.15) is 25.7 Å². The maximum absolute atomic E-state index is 11.8. The molecule has 4 bridgehead atoms. The second-order valence-corrected chi connectivity index (χ2v) is 5.10. The summed E-state index contributed by atoms with van der Waals surface area (Å²) in [7, 11) is 1.44. The molecule has 0 radical (unpaired) electrons. The smallest absolute Gasteiger partial charge is 0.313 e. The summed E-state index contributed by atoms with van der Waals surface area (Å²) in [6, 6.07) is 2.42. The minimum absolute atomic E-state index is 0.137. The lowest BCUT2D eigenvalue weighted by molar-refractivity contribution is -0.155. The van der Waals surface area contributed by atoms with E-state index in [1.807, 2.05) is 0 Å². The van der Waals surface area contributed by atoms with Crippen molar-refractivity contribution in [1.29, 1.82) is 5.26 Å². The van der Waals surface area contributed by atoms with Gasteiger partial charge in [0.25, 0.3) is 0 Å². The van der Waals surface area contributed by atoms with E-state index in [0.717, 1.165) is 25.7 Å². The second kappa shape index (κ2) is 2.13. The normalized spacial score (nSPS) is 52.3. The van der Waals surface area contributed by atoms with Gasteiger partial charge in [0.1, 0.15) is 0 Å². The second-order valence-electron chi connectivity index (χ2n) is 5.10. The van der Waals surface area contributed by atoms with Gasteiger partial charge in [-0.3, -0.25) is 4.79 Å². The molecule has 2 atom stereocenters. The van der Waals surface area contributed by atoms with E-state index >= 15 is 0 Å². The van der Waals surface area contributed by atoms with Crippen LogP contribution in [0, 0.1) is 34.0 Å². The average Bonchev–Trinajstić information content (AvgIpc) is 2.85. The highest BCUT2D eigenvalue weighted by atomic mass is 16.5. The number of rotatable bonds is 1. The lowest BCUT2D eigenvalue weighted by Gasteiger charge is -2.32. The zero-order valence-corrected chi connectivity index (χ0v) is 8.25. The fourth-order valence-electron chi connectivity index (χ4n) is 4.31. The monoisotopic (exact) mass is 191 g/mol. The van der Waals surface area contributed by atoms with Crippen LogP contribution in [0.5, 0.6) is 0 Å². The van der Waals surface area contributed by atoms with Crippen LogP contribution in [0.3, 0.4) is 0 Å². The summed E-state index contributed by atoms with van der Waals surface area (Å²) in [5.41, 5.74) is -0.790. The molecule has 0 amide bonds. The summed E-state index contributed by atoms with van der Waals surface area (Å²) in [6.45, 7) is 0. The van der Waals surface area contributed by atoms with Gasteiger partial charge in [-0.2, -0.15) is 5.26 Å². The topological polar surface area (TPSA) is 50.1 Å². The van der Waals surface area contributed by atoms with Crippen molar-refractivity contribution in [2.24, 2.45) is 22.7 Å². The van der Waals surface area contributed by atoms with Crippen molar-refractivity contribution >= 4 is 5.97 Å². The first-order chi connectivity index (χ1) is 6.67. The Morgan fingerprint density at radius 3 is 2.36 bits per heavy atom. The zero-order chi connectivity index (χ0) is 9.97. The Morgan fingerprint density at radius 1 is 1.36 bits per heavy atom. The van der Waals surface area contributed by atoms with Crippen molar-refractivity contribution in [3.05, 3.63) is 0 Å². The van der Waals surface area contributed by atoms with Gasteiger partial charge in [-0.15, -0.1) is 0 Å². The van der Waals surface area contributed by atoms with Gasteiger partial charge in [-0.1, -0.05) is 0 Å². The number of carbonyl (C=O) groups excluding carboxylic acids is 1. The molecule has 4 aliphatic carbocycles. The summed E-state index contributed by atoms with van der Waals surface area (Å²) in [5, 5.41) is 9.29. The molecular formula is C11H13NO2. The van der Waals surface area contributed by atoms with Crippen LogP contribution in [0.2, 0.25) is 0 Å². The molecule has 0 N–H and O–H groups in total. The predicted molar refractivity (Wildman–Crippen MR) is 47.9 cm³/mol. The number of nitrogens with zero attached hydrogens (tertiary/aromatic N) is 1. The van der Waals surface area contributed by atoms with E-state index < -0.39 is 5.41 Å². The molecule has 3 nitrogen and oxygen atoms in total. The number of esters is 1. The Kier molecular flexibility index (Phi) is 1.26. The van der Waals surface area contributed by atoms with Crippen molar-refractivity contribution in [1.82, 2.24) is 0 Å². The van der Waals surface area contributed by atoms with Crippen LogP contribution >= 0.6 is 0 Å². The fraction of sp³-hybridized carbons (Fsp3) is 0.818. The molecule has 4 aliphatic rings. The van der Waals surface area contributed by atoms with Crippen molar-refractivity contribution < 1.29 is 9.53 Å². The molecule has 0 aromatic carbocycles. The summed E-state index contributed by atoms with van der Waals surface area (Å²) >= 11 is 0. The molecule has 0 heterocycles. The van der Waals surface area contributed by atoms with Gasteiger partial charge in [0, 0.05) is 0 Å². The number of ether oxygens (including phenoxy) is 1. The maximum atomic E-state index is 11.8. The van der Waals surface area contributed by atoms with Crippen molar-refractivity contribution in [3.63, 3.8) is 0 Å². The van der Waals surface area contributed by atoms with Crippen LogP contribution < -0.4 is 0 Å². The fourth-order valence-corrected chi connectivity index (χ4v) is 4.31. The van der Waals surface area contributed by atoms with Gasteiger partial charge in [-0.25, -0.2) is 0 Å². The predicted octanol–water partition coefficient (Wildman–Crippen LogP) is 1.49. The van der Waals surface area contributed by atoms with Crippen LogP contribution in [0.15, 0.2) is 0 Å². The summed E-state index contributed by atoms with van der Waals surface area (Å²) < 4.78 is 4.89. The summed E-state index contributed by atoms with van der Waals surface area (Å²) in [5.74, 6) is 1.10. The molecule has 0 aliphatic heterocycles. The van der Waals surface area contributed by atoms with Crippen molar-refractivity contribution in [2.45, 2.75) is 25.7 Å². The van der Waals surface area contributed by atoms with Crippen molar-refractivity contribution in [2.75, 3.05) is 7.11 Å². The van der Waals surface area contributed by atoms with E-state index in [4.69, 9.17) is 4.74 Å². The first-order valence-corrected chi connectivity index (χ1v) is 5.17. The van der Waals surface area contributed by atoms with E-state index in [0.29, 0.717) is 11.8 Å². The Hall–Kier alpha value is -1.04. The Balaban J connectivity index is 2.10. The minimum atomic E-state index is -0.425. The Morgan fingerprint density at radius 2 is 1.93 bits per heavy atom.